The van der Waals surface area contributed by atoms with Crippen LogP contribution in [0.5, 0.6) is 0 Å². The standard InChI is InChI=1S/C16H22N2O4/c1-4-16(15(20)21-5-2)8-11-6-7-12(16)18(11)14(19)13-10(3)17-9-22-13/h9,11-12H,4-8H2,1-3H3/t11-,12+,16+/m1/s1. The highest BCUT2D eigenvalue weighted by Crippen LogP contribution is 2.52. The summed E-state index contributed by atoms with van der Waals surface area (Å²) in [4.78, 5) is 31.2. The molecule has 3 heterocycles. The minimum absolute atomic E-state index is 0.0892. The van der Waals surface area contributed by atoms with E-state index in [1.54, 1.807) is 6.92 Å². The first-order valence-electron chi connectivity index (χ1n) is 7.95. The quantitative estimate of drug-likeness (QED) is 0.798. The topological polar surface area (TPSA) is 72.6 Å². The number of amides is 1. The van der Waals surface area contributed by atoms with Crippen LogP contribution < -0.4 is 0 Å². The number of aryl methyl sites for hydroxylation is 1. The molecule has 0 aromatic carbocycles. The summed E-state index contributed by atoms with van der Waals surface area (Å²) in [7, 11) is 0. The van der Waals surface area contributed by atoms with Crippen molar-refractivity contribution in [3.8, 4) is 0 Å². The summed E-state index contributed by atoms with van der Waals surface area (Å²) in [5, 5.41) is 0. The summed E-state index contributed by atoms with van der Waals surface area (Å²) < 4.78 is 10.6. The molecule has 0 spiro atoms. The molecule has 3 rings (SSSR count). The number of hydrogen-bond acceptors (Lipinski definition) is 5. The highest BCUT2D eigenvalue weighted by atomic mass is 16.5. The fourth-order valence-corrected chi connectivity index (χ4v) is 4.13. The van der Waals surface area contributed by atoms with E-state index in [1.807, 2.05) is 18.7 Å². The fourth-order valence-electron chi connectivity index (χ4n) is 4.13. The number of hydrogen-bond donors (Lipinski definition) is 0. The van der Waals surface area contributed by atoms with Gasteiger partial charge in [-0.05, 0) is 39.5 Å². The zero-order valence-electron chi connectivity index (χ0n) is 13.3. The summed E-state index contributed by atoms with van der Waals surface area (Å²) in [5.41, 5.74) is 0.0252. The molecule has 6 nitrogen and oxygen atoms in total. The van der Waals surface area contributed by atoms with Crippen LogP contribution in [-0.4, -0.2) is 40.5 Å². The van der Waals surface area contributed by atoms with Crippen LogP contribution in [0.3, 0.4) is 0 Å². The normalized spacial score (nSPS) is 29.9. The summed E-state index contributed by atoms with van der Waals surface area (Å²) >= 11 is 0. The van der Waals surface area contributed by atoms with Gasteiger partial charge in [-0.3, -0.25) is 9.59 Å². The molecule has 2 saturated heterocycles. The molecule has 2 fully saturated rings. The lowest BCUT2D eigenvalue weighted by atomic mass is 9.72. The van der Waals surface area contributed by atoms with Gasteiger partial charge in [0.15, 0.2) is 6.39 Å². The Morgan fingerprint density at radius 3 is 2.82 bits per heavy atom. The highest BCUT2D eigenvalue weighted by molar-refractivity contribution is 5.94. The average Bonchev–Trinajstić information content (AvgIpc) is 3.19. The third-order valence-electron chi connectivity index (χ3n) is 5.23. The SMILES string of the molecule is CCOC(=O)[C@@]1(CC)C[C@H]2CC[C@@H]1N2C(=O)c1ocnc1C. The number of oxazole rings is 1. The summed E-state index contributed by atoms with van der Waals surface area (Å²) in [5.74, 6) is -0.0356. The zero-order valence-corrected chi connectivity index (χ0v) is 13.3. The lowest BCUT2D eigenvalue weighted by Gasteiger charge is -2.33. The minimum atomic E-state index is -0.567. The molecule has 0 aliphatic carbocycles. The fraction of sp³-hybridized carbons (Fsp3) is 0.688. The molecule has 0 N–H and O–H groups in total. The molecule has 2 aliphatic heterocycles. The van der Waals surface area contributed by atoms with E-state index < -0.39 is 5.41 Å². The minimum Gasteiger partial charge on any atom is -0.466 e. The van der Waals surface area contributed by atoms with Gasteiger partial charge in [-0.25, -0.2) is 4.98 Å². The van der Waals surface area contributed by atoms with Crippen LogP contribution in [0, 0.1) is 12.3 Å². The highest BCUT2D eigenvalue weighted by Gasteiger charge is 2.61. The third kappa shape index (κ3) is 1.96. The molecular weight excluding hydrogens is 284 g/mol. The Balaban J connectivity index is 1.91. The molecule has 6 heteroatoms. The van der Waals surface area contributed by atoms with Crippen molar-refractivity contribution < 1.29 is 18.7 Å². The van der Waals surface area contributed by atoms with Crippen molar-refractivity contribution in [1.82, 2.24) is 9.88 Å². The zero-order chi connectivity index (χ0) is 15.9. The maximum atomic E-state index is 12.8. The van der Waals surface area contributed by atoms with Crippen molar-refractivity contribution in [3.63, 3.8) is 0 Å². The van der Waals surface area contributed by atoms with E-state index in [1.165, 1.54) is 6.39 Å². The Hall–Kier alpha value is -1.85. The number of carbonyl (C=O) groups excluding carboxylic acids is 2. The monoisotopic (exact) mass is 306 g/mol. The summed E-state index contributed by atoms with van der Waals surface area (Å²) in [6.07, 6.45) is 4.44. The van der Waals surface area contributed by atoms with Crippen molar-refractivity contribution >= 4 is 11.9 Å². The molecule has 0 radical (unpaired) electrons. The van der Waals surface area contributed by atoms with Crippen LogP contribution in [0.4, 0.5) is 0 Å². The van der Waals surface area contributed by atoms with Crippen LogP contribution in [0.15, 0.2) is 10.8 Å². The lowest BCUT2D eigenvalue weighted by molar-refractivity contribution is -0.157. The van der Waals surface area contributed by atoms with Gasteiger partial charge < -0.3 is 14.1 Å². The van der Waals surface area contributed by atoms with E-state index in [0.29, 0.717) is 25.1 Å². The largest absolute Gasteiger partial charge is 0.466 e. The van der Waals surface area contributed by atoms with E-state index in [0.717, 1.165) is 12.8 Å². The van der Waals surface area contributed by atoms with Crippen molar-refractivity contribution in [1.29, 1.82) is 0 Å². The van der Waals surface area contributed by atoms with E-state index in [-0.39, 0.29) is 29.7 Å². The Kier molecular flexibility index (Phi) is 3.70. The van der Waals surface area contributed by atoms with E-state index >= 15 is 0 Å². The molecular formula is C16H22N2O4. The predicted octanol–water partition coefficient (Wildman–Crippen LogP) is 2.32. The van der Waals surface area contributed by atoms with Crippen LogP contribution in [0.2, 0.25) is 0 Å². The first kappa shape index (κ1) is 15.1. The van der Waals surface area contributed by atoms with E-state index in [2.05, 4.69) is 4.98 Å². The Morgan fingerprint density at radius 1 is 1.45 bits per heavy atom. The van der Waals surface area contributed by atoms with Crippen LogP contribution in [0.25, 0.3) is 0 Å². The molecule has 2 aliphatic rings. The third-order valence-corrected chi connectivity index (χ3v) is 5.23. The first-order chi connectivity index (χ1) is 10.5. The van der Waals surface area contributed by atoms with Gasteiger partial charge in [-0.1, -0.05) is 6.92 Å². The van der Waals surface area contributed by atoms with Gasteiger partial charge >= 0.3 is 5.97 Å². The van der Waals surface area contributed by atoms with Gasteiger partial charge in [0, 0.05) is 12.1 Å². The smallest absolute Gasteiger partial charge is 0.314 e. The van der Waals surface area contributed by atoms with E-state index in [4.69, 9.17) is 9.15 Å². The van der Waals surface area contributed by atoms with Crippen LogP contribution >= 0.6 is 0 Å². The van der Waals surface area contributed by atoms with Gasteiger partial charge in [0.1, 0.15) is 0 Å². The molecule has 0 saturated carbocycles. The van der Waals surface area contributed by atoms with Crippen molar-refractivity contribution in [2.45, 2.75) is 58.5 Å². The maximum Gasteiger partial charge on any atom is 0.314 e. The number of carbonyl (C=O) groups is 2. The molecule has 1 amide bonds. The number of fused-ring (bicyclic) bond motifs is 2. The second-order valence-electron chi connectivity index (χ2n) is 6.16. The number of esters is 1. The van der Waals surface area contributed by atoms with E-state index in [9.17, 15) is 9.59 Å². The molecule has 2 bridgehead atoms. The molecule has 22 heavy (non-hydrogen) atoms. The van der Waals surface area contributed by atoms with Gasteiger partial charge in [-0.15, -0.1) is 0 Å². The van der Waals surface area contributed by atoms with Gasteiger partial charge in [-0.2, -0.15) is 0 Å². The number of rotatable bonds is 4. The molecule has 0 unspecified atom stereocenters. The van der Waals surface area contributed by atoms with Crippen molar-refractivity contribution in [2.75, 3.05) is 6.61 Å². The lowest BCUT2D eigenvalue weighted by Crippen LogP contribution is -2.45. The molecule has 1 aromatic rings. The van der Waals surface area contributed by atoms with Gasteiger partial charge in [0.25, 0.3) is 5.91 Å². The number of nitrogens with zero attached hydrogens (tertiary/aromatic N) is 2. The molecule has 3 atom stereocenters. The molecule has 1 aromatic heterocycles. The number of aromatic nitrogens is 1. The second kappa shape index (κ2) is 5.41. The van der Waals surface area contributed by atoms with Gasteiger partial charge in [0.05, 0.1) is 17.7 Å². The van der Waals surface area contributed by atoms with Crippen molar-refractivity contribution in [3.05, 3.63) is 17.8 Å². The summed E-state index contributed by atoms with van der Waals surface area (Å²) in [6, 6.07) is -0.00935. The Bertz CT molecular complexity index is 597. The van der Waals surface area contributed by atoms with Crippen LogP contribution in [-0.2, 0) is 9.53 Å². The van der Waals surface area contributed by atoms with Crippen molar-refractivity contribution in [2.24, 2.45) is 5.41 Å². The Labute approximate surface area is 129 Å². The average molecular weight is 306 g/mol. The first-order valence-corrected chi connectivity index (χ1v) is 7.95. The Morgan fingerprint density at radius 2 is 2.23 bits per heavy atom. The maximum absolute atomic E-state index is 12.8. The molecule has 120 valence electrons. The summed E-state index contributed by atoms with van der Waals surface area (Å²) in [6.45, 7) is 5.94. The predicted molar refractivity (Wildman–Crippen MR) is 78.2 cm³/mol. The number of ether oxygens (including phenoxy) is 1. The van der Waals surface area contributed by atoms with Crippen LogP contribution in [0.1, 0.15) is 55.8 Å². The van der Waals surface area contributed by atoms with Gasteiger partial charge in [0.2, 0.25) is 5.76 Å². The second-order valence-corrected chi connectivity index (χ2v) is 6.16.